The Labute approximate surface area is 128 Å². The highest BCUT2D eigenvalue weighted by Crippen LogP contribution is 2.24. The molecule has 1 amide bonds. The van der Waals surface area contributed by atoms with Crippen LogP contribution in [0, 0.1) is 5.92 Å². The minimum absolute atomic E-state index is 0.0298. The molecule has 1 aromatic rings. The van der Waals surface area contributed by atoms with Gasteiger partial charge in [0.2, 0.25) is 0 Å². The molecule has 1 unspecified atom stereocenters. The van der Waals surface area contributed by atoms with Gasteiger partial charge in [0, 0.05) is 13.1 Å². The second kappa shape index (κ2) is 8.08. The van der Waals surface area contributed by atoms with Crippen molar-refractivity contribution < 1.29 is 23.4 Å². The maximum absolute atomic E-state index is 12.3. The van der Waals surface area contributed by atoms with Crippen molar-refractivity contribution in [3.8, 4) is 0 Å². The summed E-state index contributed by atoms with van der Waals surface area (Å²) < 4.78 is 29.9. The summed E-state index contributed by atoms with van der Waals surface area (Å²) in [5, 5.41) is 9.21. The molecule has 1 aromatic carbocycles. The molecule has 1 atom stereocenters. The lowest BCUT2D eigenvalue weighted by molar-refractivity contribution is -0.0227. The number of piperidine rings is 1. The number of amides is 1. The van der Waals surface area contributed by atoms with Crippen LogP contribution in [0.5, 0.6) is 0 Å². The number of nitrogens with zero attached hydrogens (tertiary/aromatic N) is 1. The van der Waals surface area contributed by atoms with E-state index in [0.717, 1.165) is 5.56 Å². The van der Waals surface area contributed by atoms with Gasteiger partial charge in [0.1, 0.15) is 12.7 Å². The molecule has 0 spiro atoms. The Morgan fingerprint density at radius 1 is 1.27 bits per heavy atom. The fourth-order valence-corrected chi connectivity index (χ4v) is 2.61. The minimum Gasteiger partial charge on any atom is -0.445 e. The summed E-state index contributed by atoms with van der Waals surface area (Å²) in [5.41, 5.74) is 0.922. The topological polar surface area (TPSA) is 49.8 Å². The second-order valence-electron chi connectivity index (χ2n) is 5.61. The molecule has 2 rings (SSSR count). The van der Waals surface area contributed by atoms with Crippen molar-refractivity contribution in [1.82, 2.24) is 4.90 Å². The number of hydrogen-bond donors (Lipinski definition) is 1. The van der Waals surface area contributed by atoms with Gasteiger partial charge in [-0.2, -0.15) is 0 Å². The van der Waals surface area contributed by atoms with Crippen LogP contribution in [0.3, 0.4) is 0 Å². The van der Waals surface area contributed by atoms with E-state index in [2.05, 4.69) is 0 Å². The molecule has 1 saturated heterocycles. The highest BCUT2D eigenvalue weighted by molar-refractivity contribution is 5.67. The Morgan fingerprint density at radius 2 is 1.91 bits per heavy atom. The Morgan fingerprint density at radius 3 is 2.50 bits per heavy atom. The molecule has 1 heterocycles. The molecular weight excluding hydrogens is 292 g/mol. The van der Waals surface area contributed by atoms with Gasteiger partial charge >= 0.3 is 6.09 Å². The molecule has 1 aliphatic heterocycles. The minimum atomic E-state index is -2.70. The van der Waals surface area contributed by atoms with Crippen LogP contribution in [-0.4, -0.2) is 41.7 Å². The quantitative estimate of drug-likeness (QED) is 0.909. The molecule has 22 heavy (non-hydrogen) atoms. The van der Waals surface area contributed by atoms with Crippen molar-refractivity contribution in [3.63, 3.8) is 0 Å². The van der Waals surface area contributed by atoms with Gasteiger partial charge in [0.05, 0.1) is 0 Å². The predicted octanol–water partition coefficient (Wildman–Crippen LogP) is 3.05. The van der Waals surface area contributed by atoms with E-state index >= 15 is 0 Å². The van der Waals surface area contributed by atoms with Crippen LogP contribution in [0.4, 0.5) is 13.6 Å². The summed E-state index contributed by atoms with van der Waals surface area (Å²) in [7, 11) is 0. The number of alkyl halides is 2. The summed E-state index contributed by atoms with van der Waals surface area (Å²) in [4.78, 5) is 13.5. The van der Waals surface area contributed by atoms with Crippen LogP contribution in [-0.2, 0) is 11.3 Å². The first kappa shape index (κ1) is 16.7. The molecule has 4 nitrogen and oxygen atoms in total. The molecule has 0 aromatic heterocycles. The number of ether oxygens (including phenoxy) is 1. The Bertz CT molecular complexity index is 462. The van der Waals surface area contributed by atoms with Crippen LogP contribution < -0.4 is 0 Å². The molecule has 0 aliphatic carbocycles. The van der Waals surface area contributed by atoms with E-state index in [1.165, 1.54) is 0 Å². The Balaban J connectivity index is 1.71. The largest absolute Gasteiger partial charge is 0.445 e. The molecule has 0 radical (unpaired) electrons. The van der Waals surface area contributed by atoms with Crippen LogP contribution in [0.1, 0.15) is 24.8 Å². The third-order valence-electron chi connectivity index (χ3n) is 3.94. The molecule has 0 bridgehead atoms. The second-order valence-corrected chi connectivity index (χ2v) is 5.61. The van der Waals surface area contributed by atoms with Crippen molar-refractivity contribution >= 4 is 6.09 Å². The number of carbonyl (C=O) groups is 1. The van der Waals surface area contributed by atoms with Gasteiger partial charge in [-0.1, -0.05) is 30.3 Å². The zero-order chi connectivity index (χ0) is 15.9. The maximum atomic E-state index is 12.3. The number of aliphatic hydroxyl groups is 1. The first-order valence-electron chi connectivity index (χ1n) is 7.48. The van der Waals surface area contributed by atoms with Gasteiger partial charge in [-0.05, 0) is 30.7 Å². The number of carbonyl (C=O) groups excluding carboxylic acids is 1. The maximum Gasteiger partial charge on any atom is 0.410 e. The monoisotopic (exact) mass is 313 g/mol. The number of benzene rings is 1. The summed E-state index contributed by atoms with van der Waals surface area (Å²) in [6.45, 7) is 1.19. The average Bonchev–Trinajstić information content (AvgIpc) is 2.54. The highest BCUT2D eigenvalue weighted by atomic mass is 19.3. The summed E-state index contributed by atoms with van der Waals surface area (Å²) in [5.74, 6) is 0.0298. The average molecular weight is 313 g/mol. The number of rotatable bonds is 5. The van der Waals surface area contributed by atoms with E-state index in [4.69, 9.17) is 4.74 Å². The van der Waals surface area contributed by atoms with Crippen LogP contribution in [0.25, 0.3) is 0 Å². The molecule has 1 fully saturated rings. The van der Waals surface area contributed by atoms with E-state index < -0.39 is 12.5 Å². The molecule has 1 N–H and O–H groups in total. The van der Waals surface area contributed by atoms with Gasteiger partial charge in [0.15, 0.2) is 0 Å². The highest BCUT2D eigenvalue weighted by Gasteiger charge is 2.27. The number of likely N-dealkylation sites (tertiary alicyclic amines) is 1. The van der Waals surface area contributed by atoms with E-state index in [-0.39, 0.29) is 25.0 Å². The third-order valence-corrected chi connectivity index (χ3v) is 3.94. The van der Waals surface area contributed by atoms with Crippen molar-refractivity contribution in [2.45, 2.75) is 38.4 Å². The van der Waals surface area contributed by atoms with E-state index in [0.29, 0.717) is 25.9 Å². The fraction of sp³-hybridized carbons (Fsp3) is 0.562. The predicted molar refractivity (Wildman–Crippen MR) is 77.6 cm³/mol. The molecule has 122 valence electrons. The van der Waals surface area contributed by atoms with Gasteiger partial charge in [-0.3, -0.25) is 0 Å². The van der Waals surface area contributed by atoms with Crippen molar-refractivity contribution in [2.75, 3.05) is 13.1 Å². The van der Waals surface area contributed by atoms with Crippen LogP contribution >= 0.6 is 0 Å². The molecular formula is C16H21F2NO3. The summed E-state index contributed by atoms with van der Waals surface area (Å²) in [6, 6.07) is 9.41. The lowest BCUT2D eigenvalue weighted by atomic mass is 9.91. The van der Waals surface area contributed by atoms with Crippen molar-refractivity contribution in [3.05, 3.63) is 35.9 Å². The number of halogens is 2. The fourth-order valence-electron chi connectivity index (χ4n) is 2.61. The van der Waals surface area contributed by atoms with Crippen molar-refractivity contribution in [2.24, 2.45) is 5.92 Å². The van der Waals surface area contributed by atoms with E-state index in [1.54, 1.807) is 4.90 Å². The molecule has 1 aliphatic rings. The first-order chi connectivity index (χ1) is 10.6. The Kier molecular flexibility index (Phi) is 6.12. The lowest BCUT2D eigenvalue weighted by Crippen LogP contribution is -2.39. The zero-order valence-electron chi connectivity index (χ0n) is 12.3. The summed E-state index contributed by atoms with van der Waals surface area (Å²) >= 11 is 0. The normalized spacial score (nSPS) is 17.5. The van der Waals surface area contributed by atoms with E-state index in [1.807, 2.05) is 30.3 Å². The van der Waals surface area contributed by atoms with Gasteiger partial charge in [0.25, 0.3) is 6.43 Å². The number of aliphatic hydroxyl groups excluding tert-OH is 1. The lowest BCUT2D eigenvalue weighted by Gasteiger charge is -2.32. The van der Waals surface area contributed by atoms with Gasteiger partial charge < -0.3 is 14.7 Å². The molecule has 6 heteroatoms. The number of hydrogen-bond acceptors (Lipinski definition) is 3. The van der Waals surface area contributed by atoms with E-state index in [9.17, 15) is 18.7 Å². The third kappa shape index (κ3) is 4.94. The zero-order valence-corrected chi connectivity index (χ0v) is 12.3. The van der Waals surface area contributed by atoms with Gasteiger partial charge in [-0.25, -0.2) is 13.6 Å². The van der Waals surface area contributed by atoms with Gasteiger partial charge in [-0.15, -0.1) is 0 Å². The van der Waals surface area contributed by atoms with Crippen molar-refractivity contribution in [1.29, 1.82) is 0 Å². The first-order valence-corrected chi connectivity index (χ1v) is 7.48. The smallest absolute Gasteiger partial charge is 0.410 e. The van der Waals surface area contributed by atoms with Crippen LogP contribution in [0.15, 0.2) is 30.3 Å². The summed E-state index contributed by atoms with van der Waals surface area (Å²) in [6.07, 6.45) is -3.33. The Hall–Kier alpha value is -1.69. The molecule has 0 saturated carbocycles. The SMILES string of the molecule is O=C(OCc1ccccc1)N1CCC(CC(O)C(F)F)CC1. The van der Waals surface area contributed by atoms with Crippen LogP contribution in [0.2, 0.25) is 0 Å². The standard InChI is InChI=1S/C16H21F2NO3/c17-15(18)14(20)10-12-6-8-19(9-7-12)16(21)22-11-13-4-2-1-3-5-13/h1-5,12,14-15,20H,6-11H2.